The maximum absolute atomic E-state index is 10.2. The standard InChI is InChI=1S/C26H38N2O3S/c1-31-24-10-5-6-11-25(24)32-18-8-17-28-16-7-3-2-4-9-20-19-13-15-23(29)26(30)21(19)12-14-22(20)27/h5-6,10-11,13,15,20,22,28-30H,2-4,7-9,12,14,16-18,27H2,1H3. The molecule has 2 aromatic carbocycles. The van der Waals surface area contributed by atoms with Crippen LogP contribution in [0, 0.1) is 0 Å². The van der Waals surface area contributed by atoms with Gasteiger partial charge in [0.05, 0.1) is 7.11 Å². The summed E-state index contributed by atoms with van der Waals surface area (Å²) >= 11 is 1.85. The molecule has 1 aliphatic carbocycles. The first-order valence-corrected chi connectivity index (χ1v) is 12.9. The molecule has 176 valence electrons. The molecule has 5 N–H and O–H groups in total. The second kappa shape index (κ2) is 13.0. The maximum Gasteiger partial charge on any atom is 0.160 e. The van der Waals surface area contributed by atoms with Crippen molar-refractivity contribution in [1.29, 1.82) is 0 Å². The van der Waals surface area contributed by atoms with Crippen molar-refractivity contribution < 1.29 is 14.9 Å². The zero-order valence-corrected chi connectivity index (χ0v) is 20.0. The largest absolute Gasteiger partial charge is 0.504 e. The van der Waals surface area contributed by atoms with E-state index in [9.17, 15) is 10.2 Å². The van der Waals surface area contributed by atoms with E-state index in [1.807, 2.05) is 30.0 Å². The number of aromatic hydroxyl groups is 2. The number of rotatable bonds is 13. The molecule has 1 aliphatic rings. The fraction of sp³-hybridized carbons (Fsp3) is 0.538. The topological polar surface area (TPSA) is 87.7 Å². The molecule has 2 atom stereocenters. The van der Waals surface area contributed by atoms with E-state index >= 15 is 0 Å². The third-order valence-electron chi connectivity index (χ3n) is 6.38. The van der Waals surface area contributed by atoms with Crippen molar-refractivity contribution in [2.24, 2.45) is 5.73 Å². The van der Waals surface area contributed by atoms with Crippen molar-refractivity contribution in [1.82, 2.24) is 5.32 Å². The van der Waals surface area contributed by atoms with E-state index in [0.717, 1.165) is 67.8 Å². The van der Waals surface area contributed by atoms with Gasteiger partial charge in [-0.1, -0.05) is 37.5 Å². The molecule has 0 spiro atoms. The number of nitrogens with one attached hydrogen (secondary N) is 1. The number of ether oxygens (including phenoxy) is 1. The Bertz CT molecular complexity index is 846. The minimum absolute atomic E-state index is 0.0242. The Morgan fingerprint density at radius 2 is 1.81 bits per heavy atom. The number of phenols is 2. The average molecular weight is 459 g/mol. The lowest BCUT2D eigenvalue weighted by Crippen LogP contribution is -2.33. The van der Waals surface area contributed by atoms with Crippen LogP contribution >= 0.6 is 11.8 Å². The molecule has 0 radical (unpaired) electrons. The fourth-order valence-electron chi connectivity index (χ4n) is 4.57. The lowest BCUT2D eigenvalue weighted by atomic mass is 9.76. The van der Waals surface area contributed by atoms with Gasteiger partial charge in [-0.15, -0.1) is 11.8 Å². The second-order valence-electron chi connectivity index (χ2n) is 8.62. The van der Waals surface area contributed by atoms with Gasteiger partial charge in [0.2, 0.25) is 0 Å². The molecule has 6 heteroatoms. The lowest BCUT2D eigenvalue weighted by Gasteiger charge is -2.32. The summed E-state index contributed by atoms with van der Waals surface area (Å²) in [5.74, 6) is 2.35. The molecule has 0 amide bonds. The molecular weight excluding hydrogens is 420 g/mol. The number of nitrogens with two attached hydrogens (primary N) is 1. The molecule has 3 rings (SSSR count). The van der Waals surface area contributed by atoms with Gasteiger partial charge in [-0.2, -0.15) is 0 Å². The first kappa shape index (κ1) is 24.7. The predicted octanol–water partition coefficient (Wildman–Crippen LogP) is 5.19. The zero-order valence-electron chi connectivity index (χ0n) is 19.2. The highest BCUT2D eigenvalue weighted by Gasteiger charge is 2.29. The minimum Gasteiger partial charge on any atom is -0.504 e. The summed E-state index contributed by atoms with van der Waals surface area (Å²) in [6.07, 6.45) is 8.57. The van der Waals surface area contributed by atoms with Crippen LogP contribution in [0.3, 0.4) is 0 Å². The Labute approximate surface area is 196 Å². The highest BCUT2D eigenvalue weighted by atomic mass is 32.2. The first-order valence-electron chi connectivity index (χ1n) is 11.9. The van der Waals surface area contributed by atoms with E-state index in [4.69, 9.17) is 10.5 Å². The third kappa shape index (κ3) is 6.80. The lowest BCUT2D eigenvalue weighted by molar-refractivity contribution is 0.380. The van der Waals surface area contributed by atoms with Crippen molar-refractivity contribution in [3.8, 4) is 17.2 Å². The van der Waals surface area contributed by atoms with Gasteiger partial charge in [0, 0.05) is 16.5 Å². The predicted molar refractivity (Wildman–Crippen MR) is 133 cm³/mol. The van der Waals surface area contributed by atoms with E-state index in [1.165, 1.54) is 24.2 Å². The molecule has 0 saturated heterocycles. The number of hydrogen-bond donors (Lipinski definition) is 4. The summed E-state index contributed by atoms with van der Waals surface area (Å²) in [6, 6.07) is 11.9. The second-order valence-corrected chi connectivity index (χ2v) is 9.75. The third-order valence-corrected chi connectivity index (χ3v) is 7.53. The van der Waals surface area contributed by atoms with Crippen molar-refractivity contribution in [3.05, 3.63) is 47.5 Å². The van der Waals surface area contributed by atoms with Gasteiger partial charge in [-0.05, 0) is 80.6 Å². The van der Waals surface area contributed by atoms with Crippen molar-refractivity contribution in [2.45, 2.75) is 68.2 Å². The SMILES string of the molecule is COc1ccccc1SCCCNCCCCCCC1c2ccc(O)c(O)c2CCC1N. The van der Waals surface area contributed by atoms with Gasteiger partial charge in [0.25, 0.3) is 0 Å². The number of para-hydroxylation sites is 1. The Morgan fingerprint density at radius 3 is 2.66 bits per heavy atom. The summed E-state index contributed by atoms with van der Waals surface area (Å²) < 4.78 is 5.39. The first-order chi connectivity index (χ1) is 15.6. The van der Waals surface area contributed by atoms with Gasteiger partial charge < -0.3 is 26.0 Å². The van der Waals surface area contributed by atoms with Gasteiger partial charge in [-0.25, -0.2) is 0 Å². The molecule has 0 heterocycles. The van der Waals surface area contributed by atoms with Crippen LogP contribution in [0.5, 0.6) is 17.2 Å². The van der Waals surface area contributed by atoms with Crippen LogP contribution < -0.4 is 15.8 Å². The highest BCUT2D eigenvalue weighted by Crippen LogP contribution is 2.42. The number of methoxy groups -OCH3 is 1. The molecule has 2 unspecified atom stereocenters. The Morgan fingerprint density at radius 1 is 1.03 bits per heavy atom. The number of thioether (sulfide) groups is 1. The summed E-state index contributed by atoms with van der Waals surface area (Å²) in [5.41, 5.74) is 8.42. The summed E-state index contributed by atoms with van der Waals surface area (Å²) in [4.78, 5) is 1.21. The van der Waals surface area contributed by atoms with Crippen LogP contribution in [0.2, 0.25) is 0 Å². The molecule has 32 heavy (non-hydrogen) atoms. The number of phenolic OH excluding ortho intramolecular Hbond substituents is 2. The molecule has 0 aromatic heterocycles. The number of unbranched alkanes of at least 4 members (excludes halogenated alkanes) is 3. The maximum atomic E-state index is 10.2. The molecule has 0 aliphatic heterocycles. The van der Waals surface area contributed by atoms with Crippen LogP contribution in [0.25, 0.3) is 0 Å². The molecule has 0 bridgehead atoms. The number of fused-ring (bicyclic) bond motifs is 1. The molecule has 2 aromatic rings. The zero-order chi connectivity index (χ0) is 22.8. The fourth-order valence-corrected chi connectivity index (χ4v) is 5.55. The van der Waals surface area contributed by atoms with Gasteiger partial charge in [0.1, 0.15) is 5.75 Å². The van der Waals surface area contributed by atoms with E-state index in [1.54, 1.807) is 13.2 Å². The van der Waals surface area contributed by atoms with E-state index < -0.39 is 0 Å². The van der Waals surface area contributed by atoms with Gasteiger partial charge in [-0.3, -0.25) is 0 Å². The number of benzene rings is 2. The number of hydrogen-bond acceptors (Lipinski definition) is 6. The van der Waals surface area contributed by atoms with Crippen molar-refractivity contribution >= 4 is 11.8 Å². The molecule has 5 nitrogen and oxygen atoms in total. The monoisotopic (exact) mass is 458 g/mol. The van der Waals surface area contributed by atoms with Crippen LogP contribution in [-0.4, -0.2) is 42.2 Å². The Balaban J connectivity index is 1.24. The Hall–Kier alpha value is -1.89. The quantitative estimate of drug-likeness (QED) is 0.188. The van der Waals surface area contributed by atoms with Crippen LogP contribution in [-0.2, 0) is 6.42 Å². The summed E-state index contributed by atoms with van der Waals surface area (Å²) in [5, 5.41) is 23.5. The normalized spacial score (nSPS) is 17.8. The van der Waals surface area contributed by atoms with E-state index in [0.29, 0.717) is 0 Å². The minimum atomic E-state index is -0.0242. The van der Waals surface area contributed by atoms with Crippen molar-refractivity contribution in [2.75, 3.05) is 26.0 Å². The summed E-state index contributed by atoms with van der Waals surface area (Å²) in [6.45, 7) is 2.12. The Kier molecular flexibility index (Phi) is 10.0. The average Bonchev–Trinajstić information content (AvgIpc) is 2.81. The molecule has 0 saturated carbocycles. The smallest absolute Gasteiger partial charge is 0.160 e. The van der Waals surface area contributed by atoms with Gasteiger partial charge >= 0.3 is 0 Å². The van der Waals surface area contributed by atoms with Crippen LogP contribution in [0.1, 0.15) is 62.0 Å². The molecule has 0 fully saturated rings. The van der Waals surface area contributed by atoms with Crippen molar-refractivity contribution in [3.63, 3.8) is 0 Å². The van der Waals surface area contributed by atoms with Crippen LogP contribution in [0.15, 0.2) is 41.3 Å². The van der Waals surface area contributed by atoms with E-state index in [-0.39, 0.29) is 23.5 Å². The highest BCUT2D eigenvalue weighted by molar-refractivity contribution is 7.99. The van der Waals surface area contributed by atoms with E-state index in [2.05, 4.69) is 17.4 Å². The molecular formula is C26H38N2O3S. The van der Waals surface area contributed by atoms with Gasteiger partial charge in [0.15, 0.2) is 11.5 Å². The summed E-state index contributed by atoms with van der Waals surface area (Å²) in [7, 11) is 1.72. The van der Waals surface area contributed by atoms with Crippen LogP contribution in [0.4, 0.5) is 0 Å².